The average Bonchev–Trinajstić information content (AvgIpc) is 2.82. The summed E-state index contributed by atoms with van der Waals surface area (Å²) >= 11 is 0. The lowest BCUT2D eigenvalue weighted by Gasteiger charge is -2.22. The van der Waals surface area contributed by atoms with Gasteiger partial charge in [-0.3, -0.25) is 18.7 Å². The summed E-state index contributed by atoms with van der Waals surface area (Å²) in [5.41, 5.74) is 2.24. The minimum Gasteiger partial charge on any atom is -0.353 e. The topological polar surface area (TPSA) is 73.1 Å². The van der Waals surface area contributed by atoms with Crippen LogP contribution in [0.5, 0.6) is 0 Å². The molecule has 1 aliphatic rings. The molecule has 0 atom stereocenters. The SMILES string of the molecule is Cc1cccc(Cn2c(=O)n(CCCCC(=O)NC3CCCCC3)c(=O)c3ccccc32)c1. The molecule has 1 saturated carbocycles. The monoisotopic (exact) mass is 447 g/mol. The maximum absolute atomic E-state index is 13.3. The third kappa shape index (κ3) is 5.62. The summed E-state index contributed by atoms with van der Waals surface area (Å²) in [6.45, 7) is 2.74. The molecule has 2 aromatic carbocycles. The van der Waals surface area contributed by atoms with Crippen LogP contribution in [0.2, 0.25) is 0 Å². The van der Waals surface area contributed by atoms with E-state index in [1.165, 1.54) is 23.8 Å². The Hall–Kier alpha value is -3.15. The molecule has 6 nitrogen and oxygen atoms in total. The van der Waals surface area contributed by atoms with Crippen molar-refractivity contribution in [2.45, 2.75) is 77.4 Å². The fourth-order valence-corrected chi connectivity index (χ4v) is 4.82. The Bertz CT molecular complexity index is 1240. The van der Waals surface area contributed by atoms with Crippen molar-refractivity contribution < 1.29 is 4.79 Å². The number of carbonyl (C=O) groups excluding carboxylic acids is 1. The third-order valence-corrected chi connectivity index (χ3v) is 6.56. The van der Waals surface area contributed by atoms with E-state index in [0.29, 0.717) is 49.3 Å². The lowest BCUT2D eigenvalue weighted by Crippen LogP contribution is -2.40. The van der Waals surface area contributed by atoms with Crippen LogP contribution in [0.1, 0.15) is 62.5 Å². The van der Waals surface area contributed by atoms with Gasteiger partial charge < -0.3 is 5.32 Å². The summed E-state index contributed by atoms with van der Waals surface area (Å²) in [5, 5.41) is 3.67. The number of nitrogens with zero attached hydrogens (tertiary/aromatic N) is 2. The number of hydrogen-bond acceptors (Lipinski definition) is 3. The minimum atomic E-state index is -0.299. The van der Waals surface area contributed by atoms with Crippen molar-refractivity contribution in [1.82, 2.24) is 14.5 Å². The predicted molar refractivity (Wildman–Crippen MR) is 132 cm³/mol. The molecule has 6 heteroatoms. The molecular weight excluding hydrogens is 414 g/mol. The lowest BCUT2D eigenvalue weighted by molar-refractivity contribution is -0.122. The standard InChI is InChI=1S/C27H33N3O3/c1-20-10-9-11-21(18-20)19-30-24-15-6-5-14-23(24)26(32)29(27(30)33)17-8-7-16-25(31)28-22-12-3-2-4-13-22/h5-6,9-11,14-15,18,22H,2-4,7-8,12-13,16-17,19H2,1H3,(H,28,31). The lowest BCUT2D eigenvalue weighted by atomic mass is 9.95. The molecule has 1 N–H and O–H groups in total. The Morgan fingerprint density at radius 1 is 0.970 bits per heavy atom. The first-order valence-corrected chi connectivity index (χ1v) is 12.1. The molecule has 0 spiro atoms. The van der Waals surface area contributed by atoms with Crippen molar-refractivity contribution >= 4 is 16.8 Å². The number of nitrogens with one attached hydrogen (secondary N) is 1. The van der Waals surface area contributed by atoms with E-state index in [1.54, 1.807) is 10.6 Å². The van der Waals surface area contributed by atoms with Crippen molar-refractivity contribution in [2.75, 3.05) is 0 Å². The normalized spacial score (nSPS) is 14.5. The molecule has 0 saturated heterocycles. The number of aromatic nitrogens is 2. The molecule has 1 fully saturated rings. The van der Waals surface area contributed by atoms with Crippen LogP contribution in [0.4, 0.5) is 0 Å². The number of benzene rings is 2. The summed E-state index contributed by atoms with van der Waals surface area (Å²) in [5.74, 6) is 0.0737. The van der Waals surface area contributed by atoms with Crippen molar-refractivity contribution in [2.24, 2.45) is 0 Å². The van der Waals surface area contributed by atoms with E-state index in [2.05, 4.69) is 11.4 Å². The number of unbranched alkanes of at least 4 members (excludes halogenated alkanes) is 1. The molecule has 33 heavy (non-hydrogen) atoms. The highest BCUT2D eigenvalue weighted by Crippen LogP contribution is 2.17. The maximum Gasteiger partial charge on any atom is 0.331 e. The molecule has 1 aromatic heterocycles. The van der Waals surface area contributed by atoms with Gasteiger partial charge in [0.2, 0.25) is 5.91 Å². The first-order valence-electron chi connectivity index (χ1n) is 12.1. The van der Waals surface area contributed by atoms with Gasteiger partial charge in [-0.25, -0.2) is 4.79 Å². The van der Waals surface area contributed by atoms with Crippen LogP contribution in [0, 0.1) is 6.92 Å². The van der Waals surface area contributed by atoms with Gasteiger partial charge in [0.25, 0.3) is 5.56 Å². The van der Waals surface area contributed by atoms with Crippen molar-refractivity contribution in [3.63, 3.8) is 0 Å². The summed E-state index contributed by atoms with van der Waals surface area (Å²) in [7, 11) is 0. The Labute approximate surface area is 194 Å². The maximum atomic E-state index is 13.3. The highest BCUT2D eigenvalue weighted by molar-refractivity contribution is 5.78. The van der Waals surface area contributed by atoms with E-state index >= 15 is 0 Å². The predicted octanol–water partition coefficient (Wildman–Crippen LogP) is 4.14. The molecule has 0 unspecified atom stereocenters. The Morgan fingerprint density at radius 2 is 1.76 bits per heavy atom. The second-order valence-corrected chi connectivity index (χ2v) is 9.19. The minimum absolute atomic E-state index is 0.0737. The van der Waals surface area contributed by atoms with E-state index in [-0.39, 0.29) is 17.2 Å². The number of para-hydroxylation sites is 1. The summed E-state index contributed by atoms with van der Waals surface area (Å²) in [4.78, 5) is 38.7. The zero-order chi connectivity index (χ0) is 23.2. The van der Waals surface area contributed by atoms with Gasteiger partial charge in [-0.2, -0.15) is 0 Å². The largest absolute Gasteiger partial charge is 0.353 e. The number of hydrogen-bond donors (Lipinski definition) is 1. The molecule has 1 amide bonds. The molecule has 4 rings (SSSR count). The van der Waals surface area contributed by atoms with Gasteiger partial charge in [-0.05, 0) is 50.3 Å². The van der Waals surface area contributed by atoms with Crippen LogP contribution >= 0.6 is 0 Å². The van der Waals surface area contributed by atoms with Crippen molar-refractivity contribution in [3.8, 4) is 0 Å². The van der Waals surface area contributed by atoms with Gasteiger partial charge in [0.1, 0.15) is 0 Å². The molecule has 3 aromatic rings. The highest BCUT2D eigenvalue weighted by atomic mass is 16.2. The van der Waals surface area contributed by atoms with Gasteiger partial charge in [-0.1, -0.05) is 61.2 Å². The van der Waals surface area contributed by atoms with Crippen molar-refractivity contribution in [3.05, 3.63) is 80.5 Å². The van der Waals surface area contributed by atoms with Crippen LogP contribution in [0.3, 0.4) is 0 Å². The Balaban J connectivity index is 1.48. The zero-order valence-electron chi connectivity index (χ0n) is 19.4. The first kappa shape index (κ1) is 23.0. The number of aryl methyl sites for hydroxylation is 1. The van der Waals surface area contributed by atoms with E-state index in [9.17, 15) is 14.4 Å². The fourth-order valence-electron chi connectivity index (χ4n) is 4.82. The van der Waals surface area contributed by atoms with Gasteiger partial charge in [0, 0.05) is 19.0 Å². The highest BCUT2D eigenvalue weighted by Gasteiger charge is 2.16. The molecule has 0 radical (unpaired) electrons. The average molecular weight is 448 g/mol. The molecule has 0 aliphatic heterocycles. The quantitative estimate of drug-likeness (QED) is 0.528. The zero-order valence-corrected chi connectivity index (χ0v) is 19.4. The van der Waals surface area contributed by atoms with Crippen LogP contribution < -0.4 is 16.6 Å². The van der Waals surface area contributed by atoms with Gasteiger partial charge >= 0.3 is 5.69 Å². The molecule has 1 heterocycles. The van der Waals surface area contributed by atoms with Crippen LogP contribution in [-0.4, -0.2) is 21.1 Å². The Kier molecular flexibility index (Phi) is 7.43. The molecule has 174 valence electrons. The molecular formula is C27H33N3O3. The van der Waals surface area contributed by atoms with Crippen LogP contribution in [0.25, 0.3) is 10.9 Å². The molecule has 0 bridgehead atoms. The number of carbonyl (C=O) groups is 1. The second-order valence-electron chi connectivity index (χ2n) is 9.19. The number of rotatable bonds is 8. The smallest absolute Gasteiger partial charge is 0.331 e. The number of fused-ring (bicyclic) bond motifs is 1. The van der Waals surface area contributed by atoms with E-state index in [0.717, 1.165) is 24.0 Å². The van der Waals surface area contributed by atoms with E-state index in [1.807, 2.05) is 43.3 Å². The van der Waals surface area contributed by atoms with Crippen LogP contribution in [-0.2, 0) is 17.9 Å². The van der Waals surface area contributed by atoms with Gasteiger partial charge in [0.15, 0.2) is 0 Å². The fraction of sp³-hybridized carbons (Fsp3) is 0.444. The van der Waals surface area contributed by atoms with E-state index in [4.69, 9.17) is 0 Å². The van der Waals surface area contributed by atoms with Gasteiger partial charge in [0.05, 0.1) is 17.4 Å². The van der Waals surface area contributed by atoms with Gasteiger partial charge in [-0.15, -0.1) is 0 Å². The summed E-state index contributed by atoms with van der Waals surface area (Å²) in [6.07, 6.45) is 7.45. The van der Waals surface area contributed by atoms with E-state index < -0.39 is 0 Å². The summed E-state index contributed by atoms with van der Waals surface area (Å²) < 4.78 is 3.01. The summed E-state index contributed by atoms with van der Waals surface area (Å²) in [6, 6.07) is 15.6. The van der Waals surface area contributed by atoms with Crippen LogP contribution in [0.15, 0.2) is 58.1 Å². The first-order chi connectivity index (χ1) is 16.0. The second kappa shape index (κ2) is 10.6. The number of amides is 1. The molecule has 1 aliphatic carbocycles. The van der Waals surface area contributed by atoms with Crippen molar-refractivity contribution in [1.29, 1.82) is 0 Å². The Morgan fingerprint density at radius 3 is 2.55 bits per heavy atom. The third-order valence-electron chi connectivity index (χ3n) is 6.56.